The second-order valence-corrected chi connectivity index (χ2v) is 5.52. The molecule has 2 heteroatoms. The van der Waals surface area contributed by atoms with Crippen LogP contribution in [0.15, 0.2) is 54.6 Å². The molecule has 0 atom stereocenters. The highest BCUT2D eigenvalue weighted by Crippen LogP contribution is 2.28. The highest BCUT2D eigenvalue weighted by atomic mass is 15.1. The van der Waals surface area contributed by atoms with Crippen molar-refractivity contribution < 1.29 is 0 Å². The van der Waals surface area contributed by atoms with Crippen molar-refractivity contribution in [2.75, 3.05) is 13.1 Å². The average molecular weight is 248 g/mol. The molecular weight excluding hydrogens is 232 g/mol. The van der Waals surface area contributed by atoms with Crippen LogP contribution in [0.25, 0.3) is 21.5 Å². The molecule has 0 aromatic heterocycles. The molecule has 0 unspecified atom stereocenters. The Bertz CT molecular complexity index is 772. The van der Waals surface area contributed by atoms with Crippen molar-refractivity contribution in [2.24, 2.45) is 5.73 Å². The average Bonchev–Trinajstić information content (AvgIpc) is 2.42. The molecule has 1 heterocycles. The van der Waals surface area contributed by atoms with Crippen LogP contribution in [0.5, 0.6) is 0 Å². The molecule has 1 saturated heterocycles. The second kappa shape index (κ2) is 3.80. The van der Waals surface area contributed by atoms with Crippen LogP contribution in [-0.2, 0) is 5.54 Å². The predicted octanol–water partition coefficient (Wildman–Crippen LogP) is 2.75. The Kier molecular flexibility index (Phi) is 2.19. The second-order valence-electron chi connectivity index (χ2n) is 5.52. The van der Waals surface area contributed by atoms with Gasteiger partial charge < -0.3 is 11.1 Å². The summed E-state index contributed by atoms with van der Waals surface area (Å²) in [5.41, 5.74) is 7.42. The Morgan fingerprint density at radius 1 is 0.789 bits per heavy atom. The van der Waals surface area contributed by atoms with Gasteiger partial charge in [0, 0.05) is 13.1 Å². The standard InChI is InChI=1S/C17H16N2/c18-17(10-19-11-17)16-6-5-14-7-12-3-1-2-4-13(12)8-15(14)9-16/h1-9,19H,10-11,18H2. The van der Waals surface area contributed by atoms with Crippen LogP contribution in [0.3, 0.4) is 0 Å². The van der Waals surface area contributed by atoms with Crippen molar-refractivity contribution in [1.82, 2.24) is 5.32 Å². The number of rotatable bonds is 1. The smallest absolute Gasteiger partial charge is 0.0662 e. The van der Waals surface area contributed by atoms with Gasteiger partial charge in [0.1, 0.15) is 0 Å². The minimum atomic E-state index is -0.181. The first kappa shape index (κ1) is 11.0. The number of hydrogen-bond donors (Lipinski definition) is 2. The molecule has 94 valence electrons. The normalized spacial score (nSPS) is 17.5. The summed E-state index contributed by atoms with van der Waals surface area (Å²) in [5, 5.41) is 8.37. The zero-order chi connectivity index (χ0) is 12.9. The van der Waals surface area contributed by atoms with E-state index in [0.29, 0.717) is 0 Å². The van der Waals surface area contributed by atoms with Crippen LogP contribution in [0.2, 0.25) is 0 Å². The molecule has 1 aliphatic rings. The minimum absolute atomic E-state index is 0.181. The van der Waals surface area contributed by atoms with Crippen LogP contribution in [0.1, 0.15) is 5.56 Å². The van der Waals surface area contributed by atoms with Crippen molar-refractivity contribution in [2.45, 2.75) is 5.54 Å². The number of hydrogen-bond acceptors (Lipinski definition) is 2. The van der Waals surface area contributed by atoms with E-state index in [1.165, 1.54) is 27.1 Å². The summed E-state index contributed by atoms with van der Waals surface area (Å²) in [6.45, 7) is 1.73. The van der Waals surface area contributed by atoms with E-state index in [-0.39, 0.29) is 5.54 Å². The summed E-state index contributed by atoms with van der Waals surface area (Å²) < 4.78 is 0. The van der Waals surface area contributed by atoms with Crippen LogP contribution in [-0.4, -0.2) is 13.1 Å². The van der Waals surface area contributed by atoms with Crippen LogP contribution >= 0.6 is 0 Å². The van der Waals surface area contributed by atoms with Gasteiger partial charge in [-0.1, -0.05) is 36.4 Å². The summed E-state index contributed by atoms with van der Waals surface area (Å²) in [5.74, 6) is 0. The molecule has 0 radical (unpaired) electrons. The third kappa shape index (κ3) is 1.65. The van der Waals surface area contributed by atoms with Crippen LogP contribution < -0.4 is 11.1 Å². The molecule has 3 aromatic rings. The first-order chi connectivity index (χ1) is 9.24. The molecule has 19 heavy (non-hydrogen) atoms. The maximum absolute atomic E-state index is 6.37. The molecule has 3 N–H and O–H groups in total. The van der Waals surface area contributed by atoms with Crippen molar-refractivity contribution in [3.8, 4) is 0 Å². The summed E-state index contributed by atoms with van der Waals surface area (Å²) in [4.78, 5) is 0. The Morgan fingerprint density at radius 2 is 1.42 bits per heavy atom. The van der Waals surface area contributed by atoms with Gasteiger partial charge in [0.05, 0.1) is 5.54 Å². The van der Waals surface area contributed by atoms with E-state index in [4.69, 9.17) is 5.73 Å². The minimum Gasteiger partial charge on any atom is -0.319 e. The van der Waals surface area contributed by atoms with Crippen molar-refractivity contribution in [3.05, 3.63) is 60.2 Å². The van der Waals surface area contributed by atoms with E-state index in [2.05, 4.69) is 59.9 Å². The fourth-order valence-corrected chi connectivity index (χ4v) is 2.85. The van der Waals surface area contributed by atoms with E-state index in [9.17, 15) is 0 Å². The van der Waals surface area contributed by atoms with Crippen LogP contribution in [0.4, 0.5) is 0 Å². The van der Waals surface area contributed by atoms with Gasteiger partial charge in [-0.2, -0.15) is 0 Å². The van der Waals surface area contributed by atoms with E-state index in [1.54, 1.807) is 0 Å². The first-order valence-electron chi connectivity index (χ1n) is 6.67. The monoisotopic (exact) mass is 248 g/mol. The van der Waals surface area contributed by atoms with Crippen molar-refractivity contribution >= 4 is 21.5 Å². The molecule has 2 nitrogen and oxygen atoms in total. The number of benzene rings is 3. The SMILES string of the molecule is NC1(c2ccc3cc4ccccc4cc3c2)CNC1. The lowest BCUT2D eigenvalue weighted by Gasteiger charge is -2.39. The van der Waals surface area contributed by atoms with E-state index < -0.39 is 0 Å². The van der Waals surface area contributed by atoms with Gasteiger partial charge in [0.15, 0.2) is 0 Å². The number of fused-ring (bicyclic) bond motifs is 2. The Hall–Kier alpha value is -1.90. The molecule has 3 aromatic carbocycles. The van der Waals surface area contributed by atoms with Gasteiger partial charge in [-0.05, 0) is 45.3 Å². The van der Waals surface area contributed by atoms with Crippen molar-refractivity contribution in [3.63, 3.8) is 0 Å². The maximum atomic E-state index is 6.37. The molecule has 1 fully saturated rings. The molecule has 0 aliphatic carbocycles. The molecule has 4 rings (SSSR count). The summed E-state index contributed by atoms with van der Waals surface area (Å²) in [7, 11) is 0. The highest BCUT2D eigenvalue weighted by molar-refractivity contribution is 5.98. The summed E-state index contributed by atoms with van der Waals surface area (Å²) in [6, 6.07) is 19.6. The third-order valence-electron chi connectivity index (χ3n) is 4.16. The molecule has 0 saturated carbocycles. The Labute approximate surface area is 112 Å². The summed E-state index contributed by atoms with van der Waals surface area (Å²) >= 11 is 0. The van der Waals surface area contributed by atoms with E-state index >= 15 is 0 Å². The Balaban J connectivity index is 1.95. The van der Waals surface area contributed by atoms with E-state index in [1.807, 2.05) is 0 Å². The number of nitrogens with one attached hydrogen (secondary N) is 1. The van der Waals surface area contributed by atoms with Crippen molar-refractivity contribution in [1.29, 1.82) is 0 Å². The summed E-state index contributed by atoms with van der Waals surface area (Å²) in [6.07, 6.45) is 0. The lowest BCUT2D eigenvalue weighted by Crippen LogP contribution is -2.62. The maximum Gasteiger partial charge on any atom is 0.0662 e. The number of nitrogens with two attached hydrogens (primary N) is 1. The van der Waals surface area contributed by atoms with Gasteiger partial charge >= 0.3 is 0 Å². The lowest BCUT2D eigenvalue weighted by atomic mass is 9.84. The first-order valence-corrected chi connectivity index (χ1v) is 6.67. The third-order valence-corrected chi connectivity index (χ3v) is 4.16. The van der Waals surface area contributed by atoms with Gasteiger partial charge in [-0.15, -0.1) is 0 Å². The molecule has 0 amide bonds. The molecular formula is C17H16N2. The molecule has 0 bridgehead atoms. The zero-order valence-corrected chi connectivity index (χ0v) is 10.7. The van der Waals surface area contributed by atoms with Gasteiger partial charge in [0.2, 0.25) is 0 Å². The van der Waals surface area contributed by atoms with Gasteiger partial charge in [-0.25, -0.2) is 0 Å². The zero-order valence-electron chi connectivity index (χ0n) is 10.7. The predicted molar refractivity (Wildman–Crippen MR) is 80.2 cm³/mol. The Morgan fingerprint density at radius 3 is 2.05 bits per heavy atom. The molecule has 0 spiro atoms. The molecule has 1 aliphatic heterocycles. The topological polar surface area (TPSA) is 38.0 Å². The van der Waals surface area contributed by atoms with Crippen LogP contribution in [0, 0.1) is 0 Å². The van der Waals surface area contributed by atoms with Gasteiger partial charge in [-0.3, -0.25) is 0 Å². The fraction of sp³-hybridized carbons (Fsp3) is 0.176. The van der Waals surface area contributed by atoms with Gasteiger partial charge in [0.25, 0.3) is 0 Å². The highest BCUT2D eigenvalue weighted by Gasteiger charge is 2.34. The fourth-order valence-electron chi connectivity index (χ4n) is 2.85. The largest absolute Gasteiger partial charge is 0.319 e. The quantitative estimate of drug-likeness (QED) is 0.650. The lowest BCUT2D eigenvalue weighted by molar-refractivity contribution is 0.287. The van der Waals surface area contributed by atoms with E-state index in [0.717, 1.165) is 13.1 Å².